The van der Waals surface area contributed by atoms with Gasteiger partial charge in [-0.3, -0.25) is 14.7 Å². The van der Waals surface area contributed by atoms with Crippen molar-refractivity contribution in [1.82, 2.24) is 15.5 Å². The lowest BCUT2D eigenvalue weighted by molar-refractivity contribution is -0.118. The molecule has 1 unspecified atom stereocenters. The fraction of sp³-hybridized carbons (Fsp3) is 0.450. The summed E-state index contributed by atoms with van der Waals surface area (Å²) in [4.78, 5) is 27.4. The van der Waals surface area contributed by atoms with E-state index in [1.54, 1.807) is 6.07 Å². The van der Waals surface area contributed by atoms with E-state index in [1.807, 2.05) is 18.2 Å². The molecule has 27 heavy (non-hydrogen) atoms. The van der Waals surface area contributed by atoms with E-state index in [2.05, 4.69) is 38.7 Å². The van der Waals surface area contributed by atoms with Gasteiger partial charge in [0.2, 0.25) is 5.91 Å². The first kappa shape index (κ1) is 18.9. The molecule has 1 aliphatic rings. The number of hydrogen-bond donors (Lipinski definition) is 3. The van der Waals surface area contributed by atoms with Crippen molar-refractivity contribution in [2.75, 3.05) is 23.3 Å². The first-order valence-corrected chi connectivity index (χ1v) is 9.63. The van der Waals surface area contributed by atoms with Gasteiger partial charge in [-0.25, -0.2) is 0 Å². The Morgan fingerprint density at radius 3 is 2.78 bits per heavy atom. The van der Waals surface area contributed by atoms with Gasteiger partial charge in [0.15, 0.2) is 0 Å². The summed E-state index contributed by atoms with van der Waals surface area (Å²) < 4.78 is 0. The Balaban J connectivity index is 1.66. The van der Waals surface area contributed by atoms with Crippen LogP contribution in [0.4, 0.5) is 11.4 Å². The van der Waals surface area contributed by atoms with Crippen LogP contribution in [0.3, 0.4) is 0 Å². The first-order chi connectivity index (χ1) is 13.2. The fourth-order valence-corrected chi connectivity index (χ4v) is 3.28. The van der Waals surface area contributed by atoms with E-state index in [0.29, 0.717) is 12.1 Å². The lowest BCUT2D eigenvalue weighted by Crippen LogP contribution is -2.44. The number of rotatable bonds is 8. The Bertz CT molecular complexity index is 753. The van der Waals surface area contributed by atoms with Crippen molar-refractivity contribution in [1.29, 1.82) is 0 Å². The van der Waals surface area contributed by atoms with Crippen molar-refractivity contribution >= 4 is 23.2 Å². The molecule has 0 spiro atoms. The SMILES string of the molecule is CCCCC(NC(=O)c1ccn[nH]1)C(=O)Nc1cccc(N2CCCC2)c1. The number of aromatic nitrogens is 2. The number of hydrogen-bond acceptors (Lipinski definition) is 4. The van der Waals surface area contributed by atoms with Crippen molar-refractivity contribution in [3.8, 4) is 0 Å². The summed E-state index contributed by atoms with van der Waals surface area (Å²) in [7, 11) is 0. The van der Waals surface area contributed by atoms with E-state index >= 15 is 0 Å². The minimum Gasteiger partial charge on any atom is -0.371 e. The zero-order chi connectivity index (χ0) is 19.1. The molecule has 2 heterocycles. The number of unbranched alkanes of at least 4 members (excludes halogenated alkanes) is 1. The van der Waals surface area contributed by atoms with Gasteiger partial charge in [-0.1, -0.05) is 25.8 Å². The molecule has 2 amide bonds. The molecule has 0 aliphatic carbocycles. The van der Waals surface area contributed by atoms with Gasteiger partial charge in [-0.05, 0) is 43.5 Å². The van der Waals surface area contributed by atoms with Gasteiger partial charge in [0.05, 0.1) is 0 Å². The topological polar surface area (TPSA) is 90.1 Å². The van der Waals surface area contributed by atoms with Gasteiger partial charge < -0.3 is 15.5 Å². The van der Waals surface area contributed by atoms with Crippen molar-refractivity contribution in [2.45, 2.75) is 45.1 Å². The lowest BCUT2D eigenvalue weighted by Gasteiger charge is -2.20. The second-order valence-corrected chi connectivity index (χ2v) is 6.87. The highest BCUT2D eigenvalue weighted by Gasteiger charge is 2.22. The molecular formula is C20H27N5O2. The van der Waals surface area contributed by atoms with E-state index in [1.165, 1.54) is 19.0 Å². The van der Waals surface area contributed by atoms with E-state index in [0.717, 1.165) is 37.3 Å². The normalized spacial score (nSPS) is 14.8. The highest BCUT2D eigenvalue weighted by atomic mass is 16.2. The number of nitrogens with zero attached hydrogens (tertiary/aromatic N) is 2. The second kappa shape index (κ2) is 9.21. The predicted molar refractivity (Wildman–Crippen MR) is 106 cm³/mol. The molecule has 2 aromatic rings. The van der Waals surface area contributed by atoms with Crippen LogP contribution in [0.1, 0.15) is 49.5 Å². The summed E-state index contributed by atoms with van der Waals surface area (Å²) in [6, 6.07) is 8.89. The van der Waals surface area contributed by atoms with Crippen LogP contribution in [0.2, 0.25) is 0 Å². The van der Waals surface area contributed by atoms with Crippen molar-refractivity contribution in [3.63, 3.8) is 0 Å². The number of nitrogens with one attached hydrogen (secondary N) is 3. The van der Waals surface area contributed by atoms with Crippen LogP contribution in [0, 0.1) is 0 Å². The Hall–Kier alpha value is -2.83. The highest BCUT2D eigenvalue weighted by Crippen LogP contribution is 2.23. The minimum atomic E-state index is -0.587. The molecule has 1 atom stereocenters. The molecule has 7 heteroatoms. The fourth-order valence-electron chi connectivity index (χ4n) is 3.28. The molecule has 0 saturated carbocycles. The smallest absolute Gasteiger partial charge is 0.269 e. The molecule has 1 aromatic heterocycles. The zero-order valence-electron chi connectivity index (χ0n) is 15.7. The van der Waals surface area contributed by atoms with Gasteiger partial charge in [-0.2, -0.15) is 5.10 Å². The van der Waals surface area contributed by atoms with Gasteiger partial charge in [0.1, 0.15) is 11.7 Å². The molecule has 1 aromatic carbocycles. The third-order valence-corrected chi connectivity index (χ3v) is 4.80. The second-order valence-electron chi connectivity index (χ2n) is 6.87. The van der Waals surface area contributed by atoms with Crippen molar-refractivity contribution in [2.24, 2.45) is 0 Å². The zero-order valence-corrected chi connectivity index (χ0v) is 15.7. The van der Waals surface area contributed by atoms with Crippen LogP contribution in [0.5, 0.6) is 0 Å². The quantitative estimate of drug-likeness (QED) is 0.667. The van der Waals surface area contributed by atoms with Crippen LogP contribution in [-0.4, -0.2) is 41.1 Å². The Morgan fingerprint density at radius 2 is 2.07 bits per heavy atom. The van der Waals surface area contributed by atoms with E-state index in [4.69, 9.17) is 0 Å². The Kier molecular flexibility index (Phi) is 6.46. The molecule has 0 bridgehead atoms. The summed E-state index contributed by atoms with van der Waals surface area (Å²) in [5, 5.41) is 12.2. The van der Waals surface area contributed by atoms with Gasteiger partial charge in [0.25, 0.3) is 5.91 Å². The maximum Gasteiger partial charge on any atom is 0.269 e. The van der Waals surface area contributed by atoms with E-state index in [-0.39, 0.29) is 11.8 Å². The predicted octanol–water partition coefficient (Wildman–Crippen LogP) is 2.94. The van der Waals surface area contributed by atoms with Crippen LogP contribution in [-0.2, 0) is 4.79 Å². The summed E-state index contributed by atoms with van der Waals surface area (Å²) >= 11 is 0. The van der Waals surface area contributed by atoms with Crippen LogP contribution >= 0.6 is 0 Å². The summed E-state index contributed by atoms with van der Waals surface area (Å²) in [5.41, 5.74) is 2.22. The van der Waals surface area contributed by atoms with E-state index in [9.17, 15) is 9.59 Å². The number of H-pyrrole nitrogens is 1. The van der Waals surface area contributed by atoms with Gasteiger partial charge in [-0.15, -0.1) is 0 Å². The summed E-state index contributed by atoms with van der Waals surface area (Å²) in [6.45, 7) is 4.17. The maximum absolute atomic E-state index is 12.8. The van der Waals surface area contributed by atoms with Crippen LogP contribution < -0.4 is 15.5 Å². The van der Waals surface area contributed by atoms with Gasteiger partial charge in [0, 0.05) is 30.7 Å². The molecule has 144 valence electrons. The minimum absolute atomic E-state index is 0.199. The lowest BCUT2D eigenvalue weighted by atomic mass is 10.1. The first-order valence-electron chi connectivity index (χ1n) is 9.63. The largest absolute Gasteiger partial charge is 0.371 e. The maximum atomic E-state index is 12.8. The third-order valence-electron chi connectivity index (χ3n) is 4.80. The molecule has 3 rings (SSSR count). The van der Waals surface area contributed by atoms with Crippen LogP contribution in [0.25, 0.3) is 0 Å². The summed E-state index contributed by atoms with van der Waals surface area (Å²) in [5.74, 6) is -0.524. The van der Waals surface area contributed by atoms with Crippen molar-refractivity contribution < 1.29 is 9.59 Å². The van der Waals surface area contributed by atoms with Crippen molar-refractivity contribution in [3.05, 3.63) is 42.2 Å². The standard InChI is InChI=1S/C20H27N5O2/c1-2-3-9-17(23-20(27)18-10-11-21-24-18)19(26)22-15-7-6-8-16(14-15)25-12-4-5-13-25/h6-8,10-11,14,17H,2-5,9,12-13H2,1H3,(H,21,24)(H,22,26)(H,23,27). The molecule has 1 fully saturated rings. The number of carbonyl (C=O) groups is 2. The monoisotopic (exact) mass is 369 g/mol. The Morgan fingerprint density at radius 1 is 1.26 bits per heavy atom. The average Bonchev–Trinajstić information content (AvgIpc) is 3.39. The van der Waals surface area contributed by atoms with E-state index < -0.39 is 6.04 Å². The molecular weight excluding hydrogens is 342 g/mol. The molecule has 7 nitrogen and oxygen atoms in total. The van der Waals surface area contributed by atoms with Crippen LogP contribution in [0.15, 0.2) is 36.5 Å². The molecule has 0 radical (unpaired) electrons. The highest BCUT2D eigenvalue weighted by molar-refractivity contribution is 6.00. The molecule has 3 N–H and O–H groups in total. The number of amides is 2. The molecule has 1 aliphatic heterocycles. The number of benzene rings is 1. The number of anilines is 2. The number of aromatic amines is 1. The summed E-state index contributed by atoms with van der Waals surface area (Å²) in [6.07, 6.45) is 6.32. The number of carbonyl (C=O) groups excluding carboxylic acids is 2. The Labute approximate surface area is 159 Å². The molecule has 1 saturated heterocycles. The third kappa shape index (κ3) is 5.09. The van der Waals surface area contributed by atoms with Gasteiger partial charge >= 0.3 is 0 Å². The average molecular weight is 369 g/mol.